The molecule has 0 bridgehead atoms. The van der Waals surface area contributed by atoms with Gasteiger partial charge in [-0.3, -0.25) is 0 Å². The van der Waals surface area contributed by atoms with E-state index >= 15 is 0 Å². The zero-order valence-electron chi connectivity index (χ0n) is 31.5. The molecule has 0 saturated heterocycles. The molecule has 15 heteroatoms. The minimum absolute atomic E-state index is 0.517. The number of hydrogen-bond acceptors (Lipinski definition) is 13. The van der Waals surface area contributed by atoms with Crippen LogP contribution in [-0.2, 0) is 61.6 Å². The van der Waals surface area contributed by atoms with Crippen LogP contribution in [0.2, 0.25) is 0 Å². The lowest BCUT2D eigenvalue weighted by atomic mass is 10.2. The lowest BCUT2D eigenvalue weighted by Gasteiger charge is -2.09. The Morgan fingerprint density at radius 2 is 0.294 bits per heavy atom. The van der Waals surface area contributed by atoms with Crippen LogP contribution in [-0.4, -0.2) is 181 Å². The number of ether oxygens (including phenoxy) is 13. The summed E-state index contributed by atoms with van der Waals surface area (Å²) >= 11 is 4.84. The van der Waals surface area contributed by atoms with Gasteiger partial charge in [0.2, 0.25) is 0 Å². The van der Waals surface area contributed by atoms with Gasteiger partial charge in [-0.05, 0) is 34.5 Å². The molecule has 0 aliphatic heterocycles. The van der Waals surface area contributed by atoms with Gasteiger partial charge in [-0.15, -0.1) is 0 Å². The summed E-state index contributed by atoms with van der Waals surface area (Å²) in [5, 5.41) is 0. The SMILES string of the molecule is ICCCCCCOCCOCCOCCOCCOCCOCCOCCOCCOCCOCCOCCOCCOCCCCCCI. The number of unbranched alkanes of at least 4 members (excludes halogenated alkanes) is 6. The second kappa shape index (κ2) is 50.9. The van der Waals surface area contributed by atoms with Crippen molar-refractivity contribution in [2.24, 2.45) is 0 Å². The molecular weight excluding hydrogens is 894 g/mol. The summed E-state index contributed by atoms with van der Waals surface area (Å²) in [6.07, 6.45) is 9.96. The third-order valence-electron chi connectivity index (χ3n) is 6.81. The van der Waals surface area contributed by atoms with E-state index in [1.165, 1.54) is 47.4 Å². The zero-order valence-corrected chi connectivity index (χ0v) is 35.8. The Morgan fingerprint density at radius 1 is 0.157 bits per heavy atom. The topological polar surface area (TPSA) is 120 Å². The molecule has 0 amide bonds. The van der Waals surface area contributed by atoms with E-state index in [2.05, 4.69) is 45.2 Å². The largest absolute Gasteiger partial charge is 0.379 e. The predicted octanol–water partition coefficient (Wildman–Crippen LogP) is 5.19. The summed E-state index contributed by atoms with van der Waals surface area (Å²) in [7, 11) is 0. The Balaban J connectivity index is 3.04. The van der Waals surface area contributed by atoms with Crippen molar-refractivity contribution >= 4 is 45.2 Å². The van der Waals surface area contributed by atoms with Gasteiger partial charge < -0.3 is 61.6 Å². The van der Waals surface area contributed by atoms with Crippen molar-refractivity contribution in [2.45, 2.75) is 51.4 Å². The van der Waals surface area contributed by atoms with Gasteiger partial charge >= 0.3 is 0 Å². The first kappa shape index (κ1) is 51.9. The van der Waals surface area contributed by atoms with Crippen LogP contribution >= 0.6 is 45.2 Å². The summed E-state index contributed by atoms with van der Waals surface area (Å²) in [6.45, 7) is 14.8. The van der Waals surface area contributed by atoms with Crippen LogP contribution in [0, 0.1) is 0 Å². The molecule has 0 spiro atoms. The third-order valence-corrected chi connectivity index (χ3v) is 8.33. The molecule has 0 radical (unpaired) electrons. The predicted molar refractivity (Wildman–Crippen MR) is 215 cm³/mol. The van der Waals surface area contributed by atoms with E-state index in [1.54, 1.807) is 0 Å². The zero-order chi connectivity index (χ0) is 36.6. The minimum atomic E-state index is 0.517. The van der Waals surface area contributed by atoms with Gasteiger partial charge in [0.15, 0.2) is 0 Å². The summed E-state index contributed by atoms with van der Waals surface area (Å²) in [5.41, 5.74) is 0. The van der Waals surface area contributed by atoms with E-state index in [0.717, 1.165) is 26.1 Å². The fourth-order valence-electron chi connectivity index (χ4n) is 4.05. The van der Waals surface area contributed by atoms with Crippen molar-refractivity contribution in [1.29, 1.82) is 0 Å². The first-order chi connectivity index (χ1) is 25.4. The average molecular weight is 967 g/mol. The van der Waals surface area contributed by atoms with Crippen LogP contribution in [0.1, 0.15) is 51.4 Å². The molecule has 0 aromatic heterocycles. The summed E-state index contributed by atoms with van der Waals surface area (Å²) in [6, 6.07) is 0. The van der Waals surface area contributed by atoms with E-state index in [4.69, 9.17) is 61.6 Å². The summed E-state index contributed by atoms with van der Waals surface area (Å²) < 4.78 is 74.1. The van der Waals surface area contributed by atoms with Gasteiger partial charge in [-0.2, -0.15) is 0 Å². The minimum Gasteiger partial charge on any atom is -0.379 e. The van der Waals surface area contributed by atoms with E-state index in [1.807, 2.05) is 0 Å². The first-order valence-electron chi connectivity index (χ1n) is 19.0. The fourth-order valence-corrected chi connectivity index (χ4v) is 5.12. The molecule has 0 heterocycles. The second-order valence-corrected chi connectivity index (χ2v) is 13.3. The molecule has 0 atom stereocenters. The molecule has 0 aromatic rings. The Labute approximate surface area is 337 Å². The van der Waals surface area contributed by atoms with E-state index in [-0.39, 0.29) is 0 Å². The molecular formula is C36H72I2O13. The van der Waals surface area contributed by atoms with Crippen LogP contribution in [0.3, 0.4) is 0 Å². The molecule has 51 heavy (non-hydrogen) atoms. The van der Waals surface area contributed by atoms with Crippen LogP contribution in [0.25, 0.3) is 0 Å². The van der Waals surface area contributed by atoms with Gasteiger partial charge in [-0.25, -0.2) is 0 Å². The Bertz CT molecular complexity index is 555. The van der Waals surface area contributed by atoms with Crippen molar-refractivity contribution in [3.05, 3.63) is 0 Å². The lowest BCUT2D eigenvalue weighted by molar-refractivity contribution is -0.0290. The molecule has 308 valence electrons. The van der Waals surface area contributed by atoms with Crippen molar-refractivity contribution in [3.63, 3.8) is 0 Å². The van der Waals surface area contributed by atoms with Gasteiger partial charge in [0.1, 0.15) is 0 Å². The number of alkyl halides is 2. The average Bonchev–Trinajstić information content (AvgIpc) is 3.14. The van der Waals surface area contributed by atoms with Crippen LogP contribution in [0.4, 0.5) is 0 Å². The molecule has 0 aliphatic rings. The number of halogens is 2. The first-order valence-corrected chi connectivity index (χ1v) is 22.1. The van der Waals surface area contributed by atoms with E-state index < -0.39 is 0 Å². The molecule has 0 N–H and O–H groups in total. The summed E-state index contributed by atoms with van der Waals surface area (Å²) in [4.78, 5) is 0. The highest BCUT2D eigenvalue weighted by Crippen LogP contribution is 2.03. The molecule has 13 nitrogen and oxygen atoms in total. The number of rotatable bonds is 48. The maximum atomic E-state index is 5.56. The highest BCUT2D eigenvalue weighted by molar-refractivity contribution is 14.1. The highest BCUT2D eigenvalue weighted by atomic mass is 127. The van der Waals surface area contributed by atoms with Crippen molar-refractivity contribution in [3.8, 4) is 0 Å². The fraction of sp³-hybridized carbons (Fsp3) is 1.00. The maximum Gasteiger partial charge on any atom is 0.0701 e. The maximum absolute atomic E-state index is 5.56. The standard InChI is InChI=1S/C36H72I2O13/c37-9-5-1-3-7-11-39-13-15-41-17-19-43-21-23-45-25-27-47-29-31-49-33-35-51-36-34-50-32-30-48-28-26-46-24-22-44-20-18-42-16-14-40-12-8-4-2-6-10-38/h1-36H2. The molecule has 0 aliphatic carbocycles. The lowest BCUT2D eigenvalue weighted by Crippen LogP contribution is -2.15. The van der Waals surface area contributed by atoms with Crippen molar-refractivity contribution in [1.82, 2.24) is 0 Å². The Kier molecular flexibility index (Phi) is 51.9. The molecule has 0 fully saturated rings. The normalized spacial score (nSPS) is 11.6. The van der Waals surface area contributed by atoms with Gasteiger partial charge in [-0.1, -0.05) is 70.9 Å². The quantitative estimate of drug-likeness (QED) is 0.0453. The Hall–Kier alpha value is 0.940. The van der Waals surface area contributed by atoms with Crippen molar-refractivity contribution < 1.29 is 61.6 Å². The van der Waals surface area contributed by atoms with Gasteiger partial charge in [0, 0.05) is 13.2 Å². The second-order valence-electron chi connectivity index (χ2n) is 11.2. The smallest absolute Gasteiger partial charge is 0.0701 e. The van der Waals surface area contributed by atoms with E-state index in [9.17, 15) is 0 Å². The molecule has 0 rings (SSSR count). The third kappa shape index (κ3) is 50.9. The monoisotopic (exact) mass is 966 g/mol. The molecule has 0 aromatic carbocycles. The van der Waals surface area contributed by atoms with Gasteiger partial charge in [0.05, 0.1) is 159 Å². The Morgan fingerprint density at radius 3 is 0.451 bits per heavy atom. The van der Waals surface area contributed by atoms with Crippen LogP contribution < -0.4 is 0 Å². The highest BCUT2D eigenvalue weighted by Gasteiger charge is 1.98. The summed E-state index contributed by atoms with van der Waals surface area (Å²) in [5.74, 6) is 0. The van der Waals surface area contributed by atoms with Crippen molar-refractivity contribution in [2.75, 3.05) is 181 Å². The van der Waals surface area contributed by atoms with Crippen LogP contribution in [0.15, 0.2) is 0 Å². The van der Waals surface area contributed by atoms with Gasteiger partial charge in [0.25, 0.3) is 0 Å². The molecule has 0 unspecified atom stereocenters. The van der Waals surface area contributed by atoms with Crippen LogP contribution in [0.5, 0.6) is 0 Å². The van der Waals surface area contributed by atoms with E-state index in [0.29, 0.717) is 159 Å². The number of hydrogen-bond donors (Lipinski definition) is 0. The molecule has 0 saturated carbocycles.